The van der Waals surface area contributed by atoms with Crippen LogP contribution < -0.4 is 19.7 Å². The normalized spacial score (nSPS) is 26.2. The van der Waals surface area contributed by atoms with Crippen LogP contribution in [0.1, 0.15) is 39.2 Å². The van der Waals surface area contributed by atoms with Gasteiger partial charge in [0.2, 0.25) is 6.79 Å². The Kier molecular flexibility index (Phi) is 4.44. The van der Waals surface area contributed by atoms with Crippen molar-refractivity contribution in [3.8, 4) is 11.5 Å². The van der Waals surface area contributed by atoms with Crippen molar-refractivity contribution in [2.45, 2.75) is 44.8 Å². The number of nitrogens with one attached hydrogen (secondary N) is 2. The molecule has 24 heavy (non-hydrogen) atoms. The van der Waals surface area contributed by atoms with Gasteiger partial charge in [0, 0.05) is 18.4 Å². The number of carbonyl (C=O) groups excluding carboxylic acids is 1. The van der Waals surface area contributed by atoms with E-state index in [-0.39, 0.29) is 18.2 Å². The number of hydrogen-bond donors (Lipinski definition) is 3. The standard InChI is InChI=1S/C18H26N2O4/c1-17(2,3)19-16(21)11-20-8-6-18(22,7-9-20)13-4-5-14-15(10-13)24-12-23-14/h4-5,10,22H,6-9,11-12H2,1-3H3,(H,19,21)/p+1. The van der Waals surface area contributed by atoms with Gasteiger partial charge in [0.25, 0.3) is 5.91 Å². The first kappa shape index (κ1) is 17.0. The average Bonchev–Trinajstić information content (AvgIpc) is 2.95. The van der Waals surface area contributed by atoms with Crippen LogP contribution in [0.4, 0.5) is 0 Å². The summed E-state index contributed by atoms with van der Waals surface area (Å²) in [5.74, 6) is 1.48. The molecule has 0 atom stereocenters. The Balaban J connectivity index is 1.59. The van der Waals surface area contributed by atoms with E-state index < -0.39 is 5.60 Å². The number of carbonyl (C=O) groups is 1. The maximum Gasteiger partial charge on any atom is 0.275 e. The Bertz CT molecular complexity index is 616. The zero-order valence-electron chi connectivity index (χ0n) is 14.6. The fraction of sp³-hybridized carbons (Fsp3) is 0.611. The highest BCUT2D eigenvalue weighted by Gasteiger charge is 2.37. The molecule has 1 saturated heterocycles. The van der Waals surface area contributed by atoms with E-state index >= 15 is 0 Å². The predicted octanol–water partition coefficient (Wildman–Crippen LogP) is 0.196. The van der Waals surface area contributed by atoms with Gasteiger partial charge in [-0.3, -0.25) is 4.79 Å². The summed E-state index contributed by atoms with van der Waals surface area (Å²) in [6, 6.07) is 5.64. The van der Waals surface area contributed by atoms with Gasteiger partial charge in [-0.05, 0) is 38.5 Å². The molecule has 1 amide bonds. The van der Waals surface area contributed by atoms with Crippen LogP contribution in [0, 0.1) is 0 Å². The first-order valence-electron chi connectivity index (χ1n) is 8.52. The zero-order valence-corrected chi connectivity index (χ0v) is 14.6. The monoisotopic (exact) mass is 335 g/mol. The predicted molar refractivity (Wildman–Crippen MR) is 89.2 cm³/mol. The highest BCUT2D eigenvalue weighted by atomic mass is 16.7. The molecule has 3 rings (SSSR count). The van der Waals surface area contributed by atoms with Gasteiger partial charge in [0.05, 0.1) is 13.1 Å². The lowest BCUT2D eigenvalue weighted by Gasteiger charge is -2.36. The number of hydrogen-bond acceptors (Lipinski definition) is 4. The SMILES string of the molecule is CC(C)(C)NC(=O)C[NH+]1CCC(O)(c2ccc3c(c2)OCO3)CC1. The van der Waals surface area contributed by atoms with E-state index in [0.29, 0.717) is 25.1 Å². The molecule has 0 spiro atoms. The summed E-state index contributed by atoms with van der Waals surface area (Å²) in [5, 5.41) is 14.0. The summed E-state index contributed by atoms with van der Waals surface area (Å²) in [6.07, 6.45) is 1.26. The van der Waals surface area contributed by atoms with Crippen molar-refractivity contribution in [3.63, 3.8) is 0 Å². The minimum Gasteiger partial charge on any atom is -0.454 e. The van der Waals surface area contributed by atoms with Crippen molar-refractivity contribution < 1.29 is 24.3 Å². The first-order valence-corrected chi connectivity index (χ1v) is 8.52. The van der Waals surface area contributed by atoms with Gasteiger partial charge >= 0.3 is 0 Å². The molecule has 0 radical (unpaired) electrons. The Labute approximate surface area is 142 Å². The molecule has 1 fully saturated rings. The Hall–Kier alpha value is -1.79. The van der Waals surface area contributed by atoms with E-state index in [1.807, 2.05) is 39.0 Å². The van der Waals surface area contributed by atoms with Gasteiger partial charge in [-0.2, -0.15) is 0 Å². The minimum absolute atomic E-state index is 0.0611. The van der Waals surface area contributed by atoms with Crippen molar-refractivity contribution in [2.75, 3.05) is 26.4 Å². The molecule has 0 unspecified atom stereocenters. The topological polar surface area (TPSA) is 72.2 Å². The van der Waals surface area contributed by atoms with Gasteiger partial charge in [-0.15, -0.1) is 0 Å². The van der Waals surface area contributed by atoms with Crippen molar-refractivity contribution in [3.05, 3.63) is 23.8 Å². The molecule has 3 N–H and O–H groups in total. The molecule has 1 aromatic rings. The molecule has 2 aliphatic heterocycles. The quantitative estimate of drug-likeness (QED) is 0.738. The summed E-state index contributed by atoms with van der Waals surface area (Å²) in [6.45, 7) is 8.16. The third-order valence-electron chi connectivity index (χ3n) is 4.62. The largest absolute Gasteiger partial charge is 0.454 e. The molecule has 2 aliphatic rings. The summed E-state index contributed by atoms with van der Waals surface area (Å²) in [7, 11) is 0. The van der Waals surface area contributed by atoms with E-state index in [4.69, 9.17) is 9.47 Å². The van der Waals surface area contributed by atoms with Crippen molar-refractivity contribution in [2.24, 2.45) is 0 Å². The van der Waals surface area contributed by atoms with E-state index in [0.717, 1.165) is 24.4 Å². The lowest BCUT2D eigenvalue weighted by molar-refractivity contribution is -0.900. The van der Waals surface area contributed by atoms with Crippen LogP contribution in [0.15, 0.2) is 18.2 Å². The number of aliphatic hydroxyl groups is 1. The lowest BCUT2D eigenvalue weighted by Crippen LogP contribution is -3.14. The highest BCUT2D eigenvalue weighted by Crippen LogP contribution is 2.38. The smallest absolute Gasteiger partial charge is 0.275 e. The Morgan fingerprint density at radius 1 is 1.25 bits per heavy atom. The number of ether oxygens (including phenoxy) is 2. The number of benzene rings is 1. The molecule has 2 heterocycles. The number of amides is 1. The second-order valence-electron chi connectivity index (χ2n) is 7.82. The molecule has 0 aromatic heterocycles. The molecule has 6 nitrogen and oxygen atoms in total. The van der Waals surface area contributed by atoms with Crippen LogP contribution in [0.5, 0.6) is 11.5 Å². The van der Waals surface area contributed by atoms with Crippen molar-refractivity contribution in [1.29, 1.82) is 0 Å². The number of fused-ring (bicyclic) bond motifs is 1. The van der Waals surface area contributed by atoms with E-state index in [2.05, 4.69) is 5.32 Å². The Morgan fingerprint density at radius 2 is 1.92 bits per heavy atom. The molecule has 132 valence electrons. The minimum atomic E-state index is -0.856. The summed E-state index contributed by atoms with van der Waals surface area (Å²) < 4.78 is 10.7. The van der Waals surface area contributed by atoms with Gasteiger partial charge in [-0.1, -0.05) is 6.07 Å². The maximum atomic E-state index is 12.1. The molecular formula is C18H27N2O4+. The number of quaternary nitrogens is 1. The maximum absolute atomic E-state index is 12.1. The van der Waals surface area contributed by atoms with Crippen LogP contribution in [-0.4, -0.2) is 43.0 Å². The number of piperidine rings is 1. The fourth-order valence-corrected chi connectivity index (χ4v) is 3.36. The van der Waals surface area contributed by atoms with Gasteiger partial charge in [0.1, 0.15) is 5.60 Å². The average molecular weight is 335 g/mol. The van der Waals surface area contributed by atoms with E-state index in [9.17, 15) is 9.90 Å². The molecular weight excluding hydrogens is 308 g/mol. The third-order valence-corrected chi connectivity index (χ3v) is 4.62. The van der Waals surface area contributed by atoms with Crippen molar-refractivity contribution >= 4 is 5.91 Å². The van der Waals surface area contributed by atoms with Gasteiger partial charge in [0.15, 0.2) is 18.0 Å². The second kappa shape index (κ2) is 6.26. The van der Waals surface area contributed by atoms with Crippen LogP contribution in [0.25, 0.3) is 0 Å². The molecule has 0 saturated carbocycles. The lowest BCUT2D eigenvalue weighted by atomic mass is 9.84. The molecule has 0 aliphatic carbocycles. The summed E-state index contributed by atoms with van der Waals surface area (Å²) in [4.78, 5) is 13.3. The zero-order chi connectivity index (χ0) is 17.4. The second-order valence-corrected chi connectivity index (χ2v) is 7.82. The van der Waals surface area contributed by atoms with Crippen LogP contribution in [-0.2, 0) is 10.4 Å². The van der Waals surface area contributed by atoms with Gasteiger partial charge < -0.3 is 24.8 Å². The van der Waals surface area contributed by atoms with Crippen molar-refractivity contribution in [1.82, 2.24) is 5.32 Å². The fourth-order valence-electron chi connectivity index (χ4n) is 3.36. The molecule has 0 bridgehead atoms. The third kappa shape index (κ3) is 3.82. The summed E-state index contributed by atoms with van der Waals surface area (Å²) >= 11 is 0. The van der Waals surface area contributed by atoms with E-state index in [1.165, 1.54) is 4.90 Å². The van der Waals surface area contributed by atoms with E-state index in [1.54, 1.807) is 0 Å². The summed E-state index contributed by atoms with van der Waals surface area (Å²) in [5.41, 5.74) is -0.199. The van der Waals surface area contributed by atoms with Crippen LogP contribution in [0.2, 0.25) is 0 Å². The first-order chi connectivity index (χ1) is 11.3. The number of likely N-dealkylation sites (tertiary alicyclic amines) is 1. The highest BCUT2D eigenvalue weighted by molar-refractivity contribution is 5.77. The van der Waals surface area contributed by atoms with Crippen LogP contribution in [0.3, 0.4) is 0 Å². The Morgan fingerprint density at radius 3 is 2.58 bits per heavy atom. The van der Waals surface area contributed by atoms with Crippen LogP contribution >= 0.6 is 0 Å². The van der Waals surface area contributed by atoms with Gasteiger partial charge in [-0.25, -0.2) is 0 Å². The molecule has 6 heteroatoms. The molecule has 1 aromatic carbocycles. The number of rotatable bonds is 3.